The third kappa shape index (κ3) is 2.91. The molecule has 1 fully saturated rings. The first-order valence-electron chi connectivity index (χ1n) is 8.33. The normalized spacial score (nSPS) is 24.6. The van der Waals surface area contributed by atoms with E-state index in [0.717, 1.165) is 25.5 Å². The van der Waals surface area contributed by atoms with Gasteiger partial charge in [-0.15, -0.1) is 0 Å². The quantitative estimate of drug-likeness (QED) is 0.879. The summed E-state index contributed by atoms with van der Waals surface area (Å²) in [5, 5.41) is 3.80. The molecule has 2 aliphatic rings. The summed E-state index contributed by atoms with van der Waals surface area (Å²) in [5.41, 5.74) is 2.92. The molecule has 110 valence electrons. The van der Waals surface area contributed by atoms with Crippen LogP contribution < -0.4 is 5.32 Å². The van der Waals surface area contributed by atoms with E-state index in [1.165, 1.54) is 43.2 Å². The van der Waals surface area contributed by atoms with Crippen LogP contribution in [0.4, 0.5) is 0 Å². The Bertz CT molecular complexity index is 425. The second-order valence-corrected chi connectivity index (χ2v) is 6.26. The summed E-state index contributed by atoms with van der Waals surface area (Å²) in [4.78, 5) is 0. The molecule has 1 heterocycles. The van der Waals surface area contributed by atoms with Gasteiger partial charge < -0.3 is 10.1 Å². The van der Waals surface area contributed by atoms with Gasteiger partial charge in [-0.3, -0.25) is 0 Å². The predicted octanol–water partition coefficient (Wildman–Crippen LogP) is 3.86. The van der Waals surface area contributed by atoms with Gasteiger partial charge in [0.05, 0.1) is 12.7 Å². The fourth-order valence-corrected chi connectivity index (χ4v) is 3.87. The standard InChI is InChI=1S/C18H27NO/c1-2-12-19-17(15-8-3-4-9-15)18-16-10-6-5-7-14(16)11-13-20-18/h5-7,10,15,17-19H,2-4,8-9,11-13H2,1H3. The van der Waals surface area contributed by atoms with Gasteiger partial charge in [0.15, 0.2) is 0 Å². The van der Waals surface area contributed by atoms with Crippen LogP contribution in [0.15, 0.2) is 24.3 Å². The van der Waals surface area contributed by atoms with Crippen LogP contribution in [0.2, 0.25) is 0 Å². The number of nitrogens with one attached hydrogen (secondary N) is 1. The lowest BCUT2D eigenvalue weighted by atomic mass is 9.86. The number of benzene rings is 1. The fraction of sp³-hybridized carbons (Fsp3) is 0.667. The zero-order valence-electron chi connectivity index (χ0n) is 12.6. The Labute approximate surface area is 122 Å². The highest BCUT2D eigenvalue weighted by molar-refractivity contribution is 5.32. The molecule has 1 aliphatic carbocycles. The zero-order chi connectivity index (χ0) is 13.8. The van der Waals surface area contributed by atoms with Crippen molar-refractivity contribution in [2.24, 2.45) is 5.92 Å². The number of fused-ring (bicyclic) bond motifs is 1. The van der Waals surface area contributed by atoms with Crippen LogP contribution >= 0.6 is 0 Å². The van der Waals surface area contributed by atoms with Crippen LogP contribution in [-0.4, -0.2) is 19.2 Å². The molecule has 0 radical (unpaired) electrons. The van der Waals surface area contributed by atoms with Crippen LogP contribution in [0.3, 0.4) is 0 Å². The lowest BCUT2D eigenvalue weighted by Gasteiger charge is -2.36. The molecule has 2 heteroatoms. The van der Waals surface area contributed by atoms with Crippen LogP contribution in [0, 0.1) is 5.92 Å². The Morgan fingerprint density at radius 1 is 1.25 bits per heavy atom. The Hall–Kier alpha value is -0.860. The van der Waals surface area contributed by atoms with Crippen molar-refractivity contribution in [2.75, 3.05) is 13.2 Å². The summed E-state index contributed by atoms with van der Waals surface area (Å²) in [6.07, 6.45) is 8.03. The Kier molecular flexibility index (Phi) is 4.74. The molecule has 0 bridgehead atoms. The molecule has 0 amide bonds. The molecule has 2 nitrogen and oxygen atoms in total. The van der Waals surface area contributed by atoms with Gasteiger partial charge in [0, 0.05) is 6.04 Å². The number of hydrogen-bond acceptors (Lipinski definition) is 2. The summed E-state index contributed by atoms with van der Waals surface area (Å²) < 4.78 is 6.21. The minimum atomic E-state index is 0.259. The third-order valence-electron chi connectivity index (χ3n) is 4.89. The van der Waals surface area contributed by atoms with Gasteiger partial charge in [0.2, 0.25) is 0 Å². The van der Waals surface area contributed by atoms with Crippen molar-refractivity contribution in [3.05, 3.63) is 35.4 Å². The minimum absolute atomic E-state index is 0.259. The maximum absolute atomic E-state index is 6.21. The topological polar surface area (TPSA) is 21.3 Å². The highest BCUT2D eigenvalue weighted by Gasteiger charge is 2.35. The van der Waals surface area contributed by atoms with Crippen molar-refractivity contribution in [3.8, 4) is 0 Å². The van der Waals surface area contributed by atoms with Crippen LogP contribution in [-0.2, 0) is 11.2 Å². The number of ether oxygens (including phenoxy) is 1. The van der Waals surface area contributed by atoms with Crippen molar-refractivity contribution in [1.29, 1.82) is 0 Å². The monoisotopic (exact) mass is 273 g/mol. The summed E-state index contributed by atoms with van der Waals surface area (Å²) in [6.45, 7) is 4.22. The van der Waals surface area contributed by atoms with E-state index >= 15 is 0 Å². The van der Waals surface area contributed by atoms with Crippen molar-refractivity contribution >= 4 is 0 Å². The molecule has 1 saturated carbocycles. The highest BCUT2D eigenvalue weighted by Crippen LogP contribution is 2.38. The predicted molar refractivity (Wildman–Crippen MR) is 82.9 cm³/mol. The molecule has 0 aromatic heterocycles. The zero-order valence-corrected chi connectivity index (χ0v) is 12.6. The van der Waals surface area contributed by atoms with Crippen molar-refractivity contribution in [1.82, 2.24) is 5.32 Å². The molecule has 1 aliphatic heterocycles. The maximum atomic E-state index is 6.21. The van der Waals surface area contributed by atoms with Crippen LogP contribution in [0.1, 0.15) is 56.3 Å². The Morgan fingerprint density at radius 3 is 2.85 bits per heavy atom. The lowest BCUT2D eigenvalue weighted by molar-refractivity contribution is 0.000304. The molecule has 0 spiro atoms. The number of rotatable bonds is 5. The fourth-order valence-electron chi connectivity index (χ4n) is 3.87. The molecule has 3 rings (SSSR count). The second kappa shape index (κ2) is 6.73. The first-order valence-corrected chi connectivity index (χ1v) is 8.33. The largest absolute Gasteiger partial charge is 0.372 e. The first kappa shape index (κ1) is 14.1. The first-order chi connectivity index (χ1) is 9.90. The van der Waals surface area contributed by atoms with Gasteiger partial charge in [-0.25, -0.2) is 0 Å². The SMILES string of the molecule is CCCNC(C1CCCC1)C1OCCc2ccccc21. The van der Waals surface area contributed by atoms with Crippen molar-refractivity contribution in [3.63, 3.8) is 0 Å². The van der Waals surface area contributed by atoms with E-state index in [-0.39, 0.29) is 6.10 Å². The van der Waals surface area contributed by atoms with E-state index in [9.17, 15) is 0 Å². The lowest BCUT2D eigenvalue weighted by Crippen LogP contribution is -2.43. The molecule has 2 unspecified atom stereocenters. The summed E-state index contributed by atoms with van der Waals surface area (Å²) in [7, 11) is 0. The molecule has 1 aromatic rings. The van der Waals surface area contributed by atoms with E-state index in [4.69, 9.17) is 4.74 Å². The minimum Gasteiger partial charge on any atom is -0.372 e. The van der Waals surface area contributed by atoms with E-state index in [1.807, 2.05) is 0 Å². The molecular formula is C18H27NO. The van der Waals surface area contributed by atoms with Crippen LogP contribution in [0.5, 0.6) is 0 Å². The maximum Gasteiger partial charge on any atom is 0.0983 e. The van der Waals surface area contributed by atoms with Crippen molar-refractivity contribution < 1.29 is 4.74 Å². The van der Waals surface area contributed by atoms with Gasteiger partial charge in [0.1, 0.15) is 0 Å². The smallest absolute Gasteiger partial charge is 0.0983 e. The average Bonchev–Trinajstić information content (AvgIpc) is 3.02. The van der Waals surface area contributed by atoms with Gasteiger partial charge in [-0.05, 0) is 49.3 Å². The Balaban J connectivity index is 1.83. The second-order valence-electron chi connectivity index (χ2n) is 6.26. The molecule has 1 N–H and O–H groups in total. The Morgan fingerprint density at radius 2 is 2.05 bits per heavy atom. The third-order valence-corrected chi connectivity index (χ3v) is 4.89. The van der Waals surface area contributed by atoms with E-state index in [0.29, 0.717) is 6.04 Å². The van der Waals surface area contributed by atoms with Gasteiger partial charge in [-0.1, -0.05) is 44.0 Å². The van der Waals surface area contributed by atoms with E-state index < -0.39 is 0 Å². The molecule has 0 saturated heterocycles. The molecule has 1 aromatic carbocycles. The average molecular weight is 273 g/mol. The van der Waals surface area contributed by atoms with Gasteiger partial charge >= 0.3 is 0 Å². The van der Waals surface area contributed by atoms with Gasteiger partial charge in [0.25, 0.3) is 0 Å². The van der Waals surface area contributed by atoms with E-state index in [2.05, 4.69) is 36.5 Å². The van der Waals surface area contributed by atoms with E-state index in [1.54, 1.807) is 0 Å². The molecule has 2 atom stereocenters. The number of hydrogen-bond donors (Lipinski definition) is 1. The van der Waals surface area contributed by atoms with Crippen molar-refractivity contribution in [2.45, 2.75) is 57.6 Å². The van der Waals surface area contributed by atoms with Gasteiger partial charge in [-0.2, -0.15) is 0 Å². The summed E-state index contributed by atoms with van der Waals surface area (Å²) in [6, 6.07) is 9.36. The summed E-state index contributed by atoms with van der Waals surface area (Å²) in [5.74, 6) is 0.790. The molecule has 20 heavy (non-hydrogen) atoms. The van der Waals surface area contributed by atoms with Crippen LogP contribution in [0.25, 0.3) is 0 Å². The highest BCUT2D eigenvalue weighted by atomic mass is 16.5. The molecular weight excluding hydrogens is 246 g/mol. The summed E-state index contributed by atoms with van der Waals surface area (Å²) >= 11 is 0.